The lowest BCUT2D eigenvalue weighted by molar-refractivity contribution is -0.118. The number of carbonyl (C=O) groups excluding carboxylic acids is 1. The standard InChI is InChI=1S/C22H23N3O3/c1-3-7-17-10-11-20(21(12-17)27-2)28-16-22(26)24-19-13-23-25(15-19)14-18-8-5-4-6-9-18/h3-13,15H,14,16H2,1-2H3,(H,24,26)/b7-3+. The van der Waals surface area contributed by atoms with Crippen LogP contribution in [0.4, 0.5) is 5.69 Å². The number of ether oxygens (including phenoxy) is 2. The van der Waals surface area contributed by atoms with Gasteiger partial charge in [0, 0.05) is 6.20 Å². The predicted molar refractivity (Wildman–Crippen MR) is 110 cm³/mol. The SMILES string of the molecule is C/C=C/c1ccc(OCC(=O)Nc2cnn(Cc3ccccc3)c2)c(OC)c1. The van der Waals surface area contributed by atoms with Crippen LogP contribution < -0.4 is 14.8 Å². The first-order valence-electron chi connectivity index (χ1n) is 8.97. The number of allylic oxidation sites excluding steroid dienone is 1. The third-order valence-electron chi connectivity index (χ3n) is 4.01. The van der Waals surface area contributed by atoms with Gasteiger partial charge in [-0.05, 0) is 30.2 Å². The largest absolute Gasteiger partial charge is 0.493 e. The van der Waals surface area contributed by atoms with E-state index in [1.807, 2.05) is 61.5 Å². The Morgan fingerprint density at radius 3 is 2.75 bits per heavy atom. The van der Waals surface area contributed by atoms with E-state index in [2.05, 4.69) is 10.4 Å². The van der Waals surface area contributed by atoms with E-state index in [1.54, 1.807) is 30.3 Å². The fourth-order valence-corrected chi connectivity index (χ4v) is 2.72. The van der Waals surface area contributed by atoms with Crippen LogP contribution in [0, 0.1) is 0 Å². The second-order valence-electron chi connectivity index (χ2n) is 6.16. The van der Waals surface area contributed by atoms with Crippen molar-refractivity contribution < 1.29 is 14.3 Å². The second-order valence-corrected chi connectivity index (χ2v) is 6.16. The fraction of sp³-hybridized carbons (Fsp3) is 0.182. The van der Waals surface area contributed by atoms with E-state index in [0.29, 0.717) is 23.7 Å². The molecule has 0 aliphatic carbocycles. The summed E-state index contributed by atoms with van der Waals surface area (Å²) in [5.41, 5.74) is 2.77. The van der Waals surface area contributed by atoms with Gasteiger partial charge in [-0.2, -0.15) is 5.10 Å². The molecule has 1 N–H and O–H groups in total. The molecule has 0 aliphatic heterocycles. The van der Waals surface area contributed by atoms with E-state index in [9.17, 15) is 4.79 Å². The normalized spacial score (nSPS) is 10.8. The summed E-state index contributed by atoms with van der Waals surface area (Å²) in [6, 6.07) is 15.6. The molecule has 0 saturated heterocycles. The number of nitrogens with zero attached hydrogens (tertiary/aromatic N) is 2. The van der Waals surface area contributed by atoms with E-state index in [0.717, 1.165) is 11.1 Å². The lowest BCUT2D eigenvalue weighted by Gasteiger charge is -2.11. The number of amides is 1. The molecule has 144 valence electrons. The maximum absolute atomic E-state index is 12.2. The molecule has 0 radical (unpaired) electrons. The minimum absolute atomic E-state index is 0.122. The smallest absolute Gasteiger partial charge is 0.262 e. The molecular formula is C22H23N3O3. The number of hydrogen-bond acceptors (Lipinski definition) is 4. The Morgan fingerprint density at radius 1 is 1.18 bits per heavy atom. The molecule has 28 heavy (non-hydrogen) atoms. The quantitative estimate of drug-likeness (QED) is 0.645. The number of methoxy groups -OCH3 is 1. The van der Waals surface area contributed by atoms with Gasteiger partial charge in [0.25, 0.3) is 5.91 Å². The fourth-order valence-electron chi connectivity index (χ4n) is 2.72. The van der Waals surface area contributed by atoms with Gasteiger partial charge in [-0.25, -0.2) is 0 Å². The van der Waals surface area contributed by atoms with Crippen LogP contribution in [0.5, 0.6) is 11.5 Å². The summed E-state index contributed by atoms with van der Waals surface area (Å²) in [5, 5.41) is 7.06. The zero-order valence-corrected chi connectivity index (χ0v) is 16.0. The number of anilines is 1. The predicted octanol–water partition coefficient (Wildman–Crippen LogP) is 3.99. The van der Waals surface area contributed by atoms with Crippen LogP contribution in [0.25, 0.3) is 6.08 Å². The Balaban J connectivity index is 1.55. The molecule has 1 amide bonds. The topological polar surface area (TPSA) is 65.4 Å². The molecule has 0 aliphatic rings. The molecule has 3 aromatic rings. The first kappa shape index (κ1) is 19.2. The Morgan fingerprint density at radius 2 is 2.00 bits per heavy atom. The van der Waals surface area contributed by atoms with Crippen molar-refractivity contribution in [2.75, 3.05) is 19.0 Å². The van der Waals surface area contributed by atoms with Crippen molar-refractivity contribution >= 4 is 17.7 Å². The molecule has 1 aromatic heterocycles. The van der Waals surface area contributed by atoms with Gasteiger partial charge in [0.15, 0.2) is 18.1 Å². The zero-order valence-electron chi connectivity index (χ0n) is 16.0. The van der Waals surface area contributed by atoms with Crippen LogP contribution in [-0.4, -0.2) is 29.4 Å². The third-order valence-corrected chi connectivity index (χ3v) is 4.01. The van der Waals surface area contributed by atoms with Crippen molar-refractivity contribution in [2.24, 2.45) is 0 Å². The van der Waals surface area contributed by atoms with Gasteiger partial charge in [0.1, 0.15) is 0 Å². The Kier molecular flexibility index (Phi) is 6.46. The molecule has 6 heteroatoms. The summed E-state index contributed by atoms with van der Waals surface area (Å²) in [7, 11) is 1.57. The summed E-state index contributed by atoms with van der Waals surface area (Å²) in [6.45, 7) is 2.47. The van der Waals surface area contributed by atoms with Crippen LogP contribution in [0.1, 0.15) is 18.1 Å². The number of hydrogen-bond donors (Lipinski definition) is 1. The van der Waals surface area contributed by atoms with E-state index in [4.69, 9.17) is 9.47 Å². The number of aromatic nitrogens is 2. The van der Waals surface area contributed by atoms with Crippen molar-refractivity contribution in [1.29, 1.82) is 0 Å². The molecule has 6 nitrogen and oxygen atoms in total. The van der Waals surface area contributed by atoms with Crippen LogP contribution in [0.3, 0.4) is 0 Å². The number of nitrogens with one attached hydrogen (secondary N) is 1. The summed E-state index contributed by atoms with van der Waals surface area (Å²) >= 11 is 0. The summed E-state index contributed by atoms with van der Waals surface area (Å²) in [5.74, 6) is 0.837. The van der Waals surface area contributed by atoms with Crippen molar-refractivity contribution in [3.8, 4) is 11.5 Å². The zero-order chi connectivity index (χ0) is 19.8. The van der Waals surface area contributed by atoms with Crippen molar-refractivity contribution in [3.05, 3.63) is 78.1 Å². The number of rotatable bonds is 8. The van der Waals surface area contributed by atoms with Crippen LogP contribution >= 0.6 is 0 Å². The molecule has 2 aromatic carbocycles. The van der Waals surface area contributed by atoms with E-state index >= 15 is 0 Å². The van der Waals surface area contributed by atoms with Crippen LogP contribution in [0.2, 0.25) is 0 Å². The minimum atomic E-state index is -0.265. The number of benzene rings is 2. The molecule has 0 bridgehead atoms. The molecule has 0 unspecified atom stereocenters. The van der Waals surface area contributed by atoms with Gasteiger partial charge in [0.05, 0.1) is 25.5 Å². The van der Waals surface area contributed by atoms with E-state index in [-0.39, 0.29) is 12.5 Å². The Labute approximate surface area is 164 Å². The monoisotopic (exact) mass is 377 g/mol. The highest BCUT2D eigenvalue weighted by Crippen LogP contribution is 2.28. The van der Waals surface area contributed by atoms with Crippen LogP contribution in [0.15, 0.2) is 67.0 Å². The highest BCUT2D eigenvalue weighted by Gasteiger charge is 2.09. The average Bonchev–Trinajstić information content (AvgIpc) is 3.14. The first-order chi connectivity index (χ1) is 13.7. The lowest BCUT2D eigenvalue weighted by Crippen LogP contribution is -2.20. The second kappa shape index (κ2) is 9.41. The molecule has 1 heterocycles. The lowest BCUT2D eigenvalue weighted by atomic mass is 10.2. The molecular weight excluding hydrogens is 354 g/mol. The highest BCUT2D eigenvalue weighted by atomic mass is 16.5. The van der Waals surface area contributed by atoms with Gasteiger partial charge in [-0.15, -0.1) is 0 Å². The van der Waals surface area contributed by atoms with E-state index in [1.165, 1.54) is 0 Å². The van der Waals surface area contributed by atoms with Gasteiger partial charge in [0.2, 0.25) is 0 Å². The first-order valence-corrected chi connectivity index (χ1v) is 8.97. The molecule has 0 spiro atoms. The molecule has 3 rings (SSSR count). The Hall–Kier alpha value is -3.54. The molecule has 0 saturated carbocycles. The maximum Gasteiger partial charge on any atom is 0.262 e. The highest BCUT2D eigenvalue weighted by molar-refractivity contribution is 5.91. The van der Waals surface area contributed by atoms with Crippen molar-refractivity contribution in [1.82, 2.24) is 9.78 Å². The maximum atomic E-state index is 12.2. The van der Waals surface area contributed by atoms with E-state index < -0.39 is 0 Å². The third kappa shape index (κ3) is 5.23. The summed E-state index contributed by atoms with van der Waals surface area (Å²) < 4.78 is 12.7. The Bertz CT molecular complexity index is 949. The van der Waals surface area contributed by atoms with Crippen LogP contribution in [-0.2, 0) is 11.3 Å². The summed E-state index contributed by atoms with van der Waals surface area (Å²) in [4.78, 5) is 12.2. The van der Waals surface area contributed by atoms with Crippen molar-refractivity contribution in [2.45, 2.75) is 13.5 Å². The summed E-state index contributed by atoms with van der Waals surface area (Å²) in [6.07, 6.45) is 7.32. The van der Waals surface area contributed by atoms with Crippen molar-refractivity contribution in [3.63, 3.8) is 0 Å². The average molecular weight is 377 g/mol. The van der Waals surface area contributed by atoms with Gasteiger partial charge >= 0.3 is 0 Å². The molecule has 0 fully saturated rings. The number of carbonyl (C=O) groups is 1. The van der Waals surface area contributed by atoms with Gasteiger partial charge < -0.3 is 14.8 Å². The minimum Gasteiger partial charge on any atom is -0.493 e. The van der Waals surface area contributed by atoms with Gasteiger partial charge in [-0.1, -0.05) is 48.6 Å². The molecule has 0 atom stereocenters. The van der Waals surface area contributed by atoms with Gasteiger partial charge in [-0.3, -0.25) is 9.48 Å².